The number of hydrogen-bond acceptors (Lipinski definition) is 7. The molecule has 11 heteroatoms. The van der Waals surface area contributed by atoms with E-state index in [1.165, 1.54) is 24.3 Å². The molecule has 0 bridgehead atoms. The quantitative estimate of drug-likeness (QED) is 0.521. The van der Waals surface area contributed by atoms with Crippen LogP contribution in [0.15, 0.2) is 47.4 Å². The maximum absolute atomic E-state index is 12.7. The number of hydrogen-bond donors (Lipinski definition) is 4. The first kappa shape index (κ1) is 21.1. The van der Waals surface area contributed by atoms with Crippen LogP contribution in [0.1, 0.15) is 15.9 Å². The molecule has 0 spiro atoms. The van der Waals surface area contributed by atoms with Crippen molar-refractivity contribution >= 4 is 37.2 Å². The fourth-order valence-corrected chi connectivity index (χ4v) is 6.12. The zero-order valence-corrected chi connectivity index (χ0v) is 17.0. The predicted molar refractivity (Wildman–Crippen MR) is 107 cm³/mol. The fourth-order valence-electron chi connectivity index (χ4n) is 3.05. The molecule has 0 saturated carbocycles. The van der Waals surface area contributed by atoms with Crippen molar-refractivity contribution in [2.45, 2.75) is 24.0 Å². The first-order valence-electron chi connectivity index (χ1n) is 8.59. The third kappa shape index (κ3) is 4.86. The number of aliphatic hydroxyl groups is 1. The Kier molecular flexibility index (Phi) is 5.57. The highest BCUT2D eigenvalue weighted by atomic mass is 32.2. The normalized spacial score (nSPS) is 20.9. The molecule has 1 aliphatic rings. The number of sulfonamides is 1. The molecule has 1 fully saturated rings. The zero-order valence-electron chi connectivity index (χ0n) is 15.4. The van der Waals surface area contributed by atoms with Crippen molar-refractivity contribution in [1.82, 2.24) is 0 Å². The summed E-state index contributed by atoms with van der Waals surface area (Å²) in [5.41, 5.74) is 1.03. The van der Waals surface area contributed by atoms with E-state index >= 15 is 0 Å². The van der Waals surface area contributed by atoms with Gasteiger partial charge in [0.05, 0.1) is 34.1 Å². The summed E-state index contributed by atoms with van der Waals surface area (Å²) in [7, 11) is -7.30. The molecule has 9 nitrogen and oxygen atoms in total. The standard InChI is InChI=1S/C18H20N2O7S2/c1-11-2-3-12(18(22)23)8-17(11)29(26,27)20-14-6-4-13(5-7-14)19-15-9-28(24,25)10-16(15)21/h2-8,15-16,19-21H,9-10H2,1H3,(H,22,23)/t15-,16-/m0/s1. The van der Waals surface area contributed by atoms with E-state index in [0.29, 0.717) is 11.3 Å². The Morgan fingerprint density at radius 2 is 1.69 bits per heavy atom. The van der Waals surface area contributed by atoms with Crippen LogP contribution in [0.2, 0.25) is 0 Å². The molecule has 0 amide bonds. The van der Waals surface area contributed by atoms with Gasteiger partial charge >= 0.3 is 5.97 Å². The van der Waals surface area contributed by atoms with E-state index in [4.69, 9.17) is 5.11 Å². The minimum absolute atomic E-state index is 0.138. The molecule has 1 aliphatic heterocycles. The summed E-state index contributed by atoms with van der Waals surface area (Å²) in [5, 5.41) is 21.8. The summed E-state index contributed by atoms with van der Waals surface area (Å²) in [6.45, 7) is 1.56. The Morgan fingerprint density at radius 3 is 2.24 bits per heavy atom. The highest BCUT2D eigenvalue weighted by Gasteiger charge is 2.36. The Bertz CT molecular complexity index is 1140. The van der Waals surface area contributed by atoms with Gasteiger partial charge in [-0.25, -0.2) is 21.6 Å². The SMILES string of the molecule is Cc1ccc(C(=O)O)cc1S(=O)(=O)Nc1ccc(N[C@H]2CS(=O)(=O)C[C@@H]2O)cc1. The maximum atomic E-state index is 12.7. The summed E-state index contributed by atoms with van der Waals surface area (Å²) in [4.78, 5) is 11.0. The van der Waals surface area contributed by atoms with Crippen LogP contribution < -0.4 is 10.0 Å². The molecular weight excluding hydrogens is 420 g/mol. The minimum Gasteiger partial charge on any atom is -0.478 e. The number of nitrogens with one attached hydrogen (secondary N) is 2. The van der Waals surface area contributed by atoms with Crippen molar-refractivity contribution in [3.63, 3.8) is 0 Å². The zero-order chi connectivity index (χ0) is 21.4. The smallest absolute Gasteiger partial charge is 0.335 e. The monoisotopic (exact) mass is 440 g/mol. The largest absolute Gasteiger partial charge is 0.478 e. The third-order valence-corrected chi connectivity index (χ3v) is 7.78. The lowest BCUT2D eigenvalue weighted by molar-refractivity contribution is 0.0696. The molecule has 156 valence electrons. The summed E-state index contributed by atoms with van der Waals surface area (Å²) < 4.78 is 50.8. The van der Waals surface area contributed by atoms with Gasteiger partial charge in [-0.15, -0.1) is 0 Å². The predicted octanol–water partition coefficient (Wildman–Crippen LogP) is 1.06. The fraction of sp³-hybridized carbons (Fsp3) is 0.278. The molecule has 29 heavy (non-hydrogen) atoms. The van der Waals surface area contributed by atoms with Gasteiger partial charge in [0.1, 0.15) is 0 Å². The number of aryl methyl sites for hydroxylation is 1. The third-order valence-electron chi connectivity index (χ3n) is 4.54. The number of benzene rings is 2. The summed E-state index contributed by atoms with van der Waals surface area (Å²) >= 11 is 0. The summed E-state index contributed by atoms with van der Waals surface area (Å²) in [5.74, 6) is -1.70. The van der Waals surface area contributed by atoms with Crippen LogP contribution >= 0.6 is 0 Å². The van der Waals surface area contributed by atoms with Gasteiger partial charge in [0.25, 0.3) is 10.0 Å². The van der Waals surface area contributed by atoms with Crippen LogP contribution in [0.5, 0.6) is 0 Å². The van der Waals surface area contributed by atoms with Gasteiger partial charge < -0.3 is 15.5 Å². The van der Waals surface area contributed by atoms with Gasteiger partial charge in [-0.1, -0.05) is 6.07 Å². The second-order valence-electron chi connectivity index (χ2n) is 6.86. The van der Waals surface area contributed by atoms with E-state index in [0.717, 1.165) is 6.07 Å². The number of carboxylic acid groups (broad SMARTS) is 1. The summed E-state index contributed by atoms with van der Waals surface area (Å²) in [6, 6.07) is 9.27. The van der Waals surface area contributed by atoms with Crippen LogP contribution in [0.4, 0.5) is 11.4 Å². The van der Waals surface area contributed by atoms with Crippen LogP contribution in [-0.4, -0.2) is 56.7 Å². The maximum Gasteiger partial charge on any atom is 0.335 e. The number of anilines is 2. The molecule has 0 unspecified atom stereocenters. The van der Waals surface area contributed by atoms with Crippen molar-refractivity contribution in [2.75, 3.05) is 21.5 Å². The lowest BCUT2D eigenvalue weighted by Crippen LogP contribution is -2.31. The van der Waals surface area contributed by atoms with Gasteiger partial charge in [-0.05, 0) is 48.9 Å². The van der Waals surface area contributed by atoms with Gasteiger partial charge in [0.2, 0.25) is 0 Å². The number of carboxylic acids is 1. The topological polar surface area (TPSA) is 150 Å². The van der Waals surface area contributed by atoms with Crippen molar-refractivity contribution in [3.05, 3.63) is 53.6 Å². The number of aliphatic hydroxyl groups excluding tert-OH is 1. The summed E-state index contributed by atoms with van der Waals surface area (Å²) in [6.07, 6.45) is -1.01. The van der Waals surface area contributed by atoms with E-state index in [9.17, 15) is 26.7 Å². The molecule has 4 N–H and O–H groups in total. The first-order valence-corrected chi connectivity index (χ1v) is 11.9. The first-order chi connectivity index (χ1) is 13.5. The highest BCUT2D eigenvalue weighted by molar-refractivity contribution is 7.92. The van der Waals surface area contributed by atoms with Gasteiger partial charge in [0, 0.05) is 11.4 Å². The molecule has 1 heterocycles. The number of rotatable bonds is 6. The lowest BCUT2D eigenvalue weighted by atomic mass is 10.1. The Hall–Kier alpha value is -2.63. The number of aromatic carboxylic acids is 1. The second-order valence-corrected chi connectivity index (χ2v) is 10.7. The molecule has 0 radical (unpaired) electrons. The van der Waals surface area contributed by atoms with Crippen LogP contribution in [0.3, 0.4) is 0 Å². The Balaban J connectivity index is 1.76. The minimum atomic E-state index is -4.01. The Morgan fingerprint density at radius 1 is 1.07 bits per heavy atom. The van der Waals surface area contributed by atoms with Crippen molar-refractivity contribution < 1.29 is 31.8 Å². The van der Waals surface area contributed by atoms with E-state index < -0.39 is 38.0 Å². The van der Waals surface area contributed by atoms with E-state index in [-0.39, 0.29) is 27.7 Å². The number of sulfone groups is 1. The van der Waals surface area contributed by atoms with Gasteiger partial charge in [-0.3, -0.25) is 4.72 Å². The van der Waals surface area contributed by atoms with E-state index in [1.54, 1.807) is 19.1 Å². The van der Waals surface area contributed by atoms with Crippen LogP contribution in [-0.2, 0) is 19.9 Å². The Labute approximate surface area is 168 Å². The highest BCUT2D eigenvalue weighted by Crippen LogP contribution is 2.23. The van der Waals surface area contributed by atoms with Gasteiger partial charge in [-0.2, -0.15) is 0 Å². The molecule has 2 aromatic carbocycles. The molecule has 2 atom stereocenters. The number of carbonyl (C=O) groups is 1. The molecule has 0 aromatic heterocycles. The van der Waals surface area contributed by atoms with Crippen LogP contribution in [0.25, 0.3) is 0 Å². The van der Waals surface area contributed by atoms with Crippen molar-refractivity contribution in [2.24, 2.45) is 0 Å². The second kappa shape index (κ2) is 7.65. The van der Waals surface area contributed by atoms with Crippen molar-refractivity contribution in [1.29, 1.82) is 0 Å². The average Bonchev–Trinajstić information content (AvgIpc) is 2.88. The van der Waals surface area contributed by atoms with E-state index in [2.05, 4.69) is 10.0 Å². The average molecular weight is 440 g/mol. The molecule has 0 aliphatic carbocycles. The van der Waals surface area contributed by atoms with Crippen LogP contribution in [0, 0.1) is 6.92 Å². The van der Waals surface area contributed by atoms with Gasteiger partial charge in [0.15, 0.2) is 9.84 Å². The molecular formula is C18H20N2O7S2. The van der Waals surface area contributed by atoms with E-state index in [1.807, 2.05) is 0 Å². The van der Waals surface area contributed by atoms with Crippen molar-refractivity contribution in [3.8, 4) is 0 Å². The lowest BCUT2D eigenvalue weighted by Gasteiger charge is -2.17. The molecule has 1 saturated heterocycles. The molecule has 2 aromatic rings. The molecule has 3 rings (SSSR count).